The molecule has 1 aromatic carbocycles. The molecule has 2 aliphatic heterocycles. The van der Waals surface area contributed by atoms with E-state index in [4.69, 9.17) is 4.74 Å². The Hall–Kier alpha value is -2.08. The lowest BCUT2D eigenvalue weighted by Crippen LogP contribution is -2.68. The van der Waals surface area contributed by atoms with E-state index in [1.807, 2.05) is 20.0 Å². The van der Waals surface area contributed by atoms with Crippen molar-refractivity contribution in [1.82, 2.24) is 9.88 Å². The van der Waals surface area contributed by atoms with Crippen molar-refractivity contribution in [2.75, 3.05) is 7.11 Å². The molecule has 4 fully saturated rings. The number of amides is 1. The lowest BCUT2D eigenvalue weighted by atomic mass is 9.54. The smallest absolute Gasteiger partial charge is 0.223 e. The fourth-order valence-corrected chi connectivity index (χ4v) is 6.93. The predicted octanol–water partition coefficient (Wildman–Crippen LogP) is 4.28. The number of fused-ring (bicyclic) bond motifs is 1. The number of methoxy groups -OCH3 is 1. The van der Waals surface area contributed by atoms with Crippen molar-refractivity contribution in [3.05, 3.63) is 29.7 Å². The van der Waals surface area contributed by atoms with Crippen LogP contribution in [0.1, 0.15) is 64.9 Å². The van der Waals surface area contributed by atoms with Crippen molar-refractivity contribution >= 4 is 16.8 Å². The first-order chi connectivity index (χ1) is 14.0. The van der Waals surface area contributed by atoms with Crippen molar-refractivity contribution in [3.8, 4) is 5.75 Å². The minimum atomic E-state index is -0.608. The molecule has 2 aromatic rings. The molecule has 0 radical (unpaired) electrons. The molecule has 2 atom stereocenters. The SMILES string of the molecule is COc1ccc2[nH]cc(C(C)(C)CC(=O)N3C4CC5(C)CC3CC(O)(C4)C5)c2c1F. The maximum Gasteiger partial charge on any atom is 0.223 e. The minimum Gasteiger partial charge on any atom is -0.494 e. The average Bonchev–Trinajstić information content (AvgIpc) is 3.04. The summed E-state index contributed by atoms with van der Waals surface area (Å²) in [6.07, 6.45) is 6.29. The van der Waals surface area contributed by atoms with Crippen LogP contribution in [0.4, 0.5) is 4.39 Å². The van der Waals surface area contributed by atoms with E-state index in [9.17, 15) is 9.90 Å². The van der Waals surface area contributed by atoms with Crippen molar-refractivity contribution < 1.29 is 19.0 Å². The summed E-state index contributed by atoms with van der Waals surface area (Å²) in [5.74, 6) is -0.0766. The zero-order valence-electron chi connectivity index (χ0n) is 18.2. The molecule has 6 heteroatoms. The highest BCUT2D eigenvalue weighted by Crippen LogP contribution is 2.57. The Kier molecular flexibility index (Phi) is 4.12. The molecular formula is C24H31FN2O3. The van der Waals surface area contributed by atoms with E-state index in [1.54, 1.807) is 12.1 Å². The molecule has 3 heterocycles. The molecule has 1 aromatic heterocycles. The topological polar surface area (TPSA) is 65.6 Å². The molecule has 6 rings (SSSR count). The Morgan fingerprint density at radius 1 is 1.30 bits per heavy atom. The molecule has 2 saturated carbocycles. The maximum absolute atomic E-state index is 15.0. The van der Waals surface area contributed by atoms with Gasteiger partial charge in [-0.05, 0) is 55.2 Å². The van der Waals surface area contributed by atoms with Gasteiger partial charge in [0.1, 0.15) is 0 Å². The summed E-state index contributed by atoms with van der Waals surface area (Å²) in [5.41, 5.74) is 0.483. The van der Waals surface area contributed by atoms with Gasteiger partial charge in [0.05, 0.1) is 12.7 Å². The van der Waals surface area contributed by atoms with E-state index in [2.05, 4.69) is 16.8 Å². The van der Waals surface area contributed by atoms with Gasteiger partial charge in [-0.1, -0.05) is 20.8 Å². The summed E-state index contributed by atoms with van der Waals surface area (Å²) in [7, 11) is 1.46. The number of aliphatic hydroxyl groups is 1. The van der Waals surface area contributed by atoms with Gasteiger partial charge in [0, 0.05) is 41.0 Å². The van der Waals surface area contributed by atoms with Crippen LogP contribution >= 0.6 is 0 Å². The molecule has 2 unspecified atom stereocenters. The van der Waals surface area contributed by atoms with Gasteiger partial charge in [0.2, 0.25) is 5.91 Å². The van der Waals surface area contributed by atoms with E-state index in [0.29, 0.717) is 30.2 Å². The van der Waals surface area contributed by atoms with Crippen molar-refractivity contribution in [3.63, 3.8) is 0 Å². The maximum atomic E-state index is 15.0. The first-order valence-corrected chi connectivity index (χ1v) is 10.9. The largest absolute Gasteiger partial charge is 0.494 e. The second kappa shape index (κ2) is 6.22. The molecule has 2 aliphatic carbocycles. The van der Waals surface area contributed by atoms with Crippen LogP contribution < -0.4 is 4.74 Å². The summed E-state index contributed by atoms with van der Waals surface area (Å²) < 4.78 is 20.2. The number of aromatic amines is 1. The van der Waals surface area contributed by atoms with E-state index in [0.717, 1.165) is 24.8 Å². The second-order valence-electron chi connectivity index (χ2n) is 10.9. The first-order valence-electron chi connectivity index (χ1n) is 10.9. The lowest BCUT2D eigenvalue weighted by molar-refractivity contribution is -0.193. The number of hydrogen-bond donors (Lipinski definition) is 2. The number of hydrogen-bond acceptors (Lipinski definition) is 3. The molecule has 0 spiro atoms. The van der Waals surface area contributed by atoms with Gasteiger partial charge in [-0.25, -0.2) is 4.39 Å². The monoisotopic (exact) mass is 414 g/mol. The fraction of sp³-hybridized carbons (Fsp3) is 0.625. The average molecular weight is 415 g/mol. The van der Waals surface area contributed by atoms with Crippen LogP contribution in [-0.4, -0.2) is 45.7 Å². The van der Waals surface area contributed by atoms with Crippen LogP contribution in [0, 0.1) is 11.2 Å². The van der Waals surface area contributed by atoms with Crippen LogP contribution in [0.25, 0.3) is 10.9 Å². The molecule has 5 nitrogen and oxygen atoms in total. The minimum absolute atomic E-state index is 0.110. The summed E-state index contributed by atoms with van der Waals surface area (Å²) in [6, 6.07) is 3.65. The molecular weight excluding hydrogens is 383 g/mol. The van der Waals surface area contributed by atoms with Crippen LogP contribution in [-0.2, 0) is 10.2 Å². The standard InChI is InChI=1S/C24H31FN2O3/c1-22(2,16-12-26-17-5-6-18(30-4)21(25)20(16)17)11-19(28)27-14-7-23(3)8-15(27)10-24(29,9-14)13-23/h5-6,12,14-15,26,29H,7-11,13H2,1-4H3. The number of piperidine rings is 2. The normalized spacial score (nSPS) is 32.8. The van der Waals surface area contributed by atoms with Gasteiger partial charge in [-0.15, -0.1) is 0 Å². The van der Waals surface area contributed by atoms with Crippen LogP contribution in [0.5, 0.6) is 5.75 Å². The van der Waals surface area contributed by atoms with Crippen LogP contribution in [0.15, 0.2) is 18.3 Å². The Balaban J connectivity index is 1.44. The third-order valence-corrected chi connectivity index (χ3v) is 7.81. The zero-order chi connectivity index (χ0) is 21.5. The highest BCUT2D eigenvalue weighted by Gasteiger charge is 2.59. The number of halogens is 1. The number of nitrogens with one attached hydrogen (secondary N) is 1. The highest BCUT2D eigenvalue weighted by molar-refractivity contribution is 5.88. The summed E-state index contributed by atoms with van der Waals surface area (Å²) in [4.78, 5) is 18.7. The van der Waals surface area contributed by atoms with E-state index < -0.39 is 16.8 Å². The van der Waals surface area contributed by atoms with Gasteiger partial charge in [0.25, 0.3) is 0 Å². The molecule has 2 N–H and O–H groups in total. The number of rotatable bonds is 4. The number of ether oxygens (including phenoxy) is 1. The van der Waals surface area contributed by atoms with Crippen LogP contribution in [0.2, 0.25) is 0 Å². The second-order valence-corrected chi connectivity index (χ2v) is 10.9. The van der Waals surface area contributed by atoms with Crippen LogP contribution in [0.3, 0.4) is 0 Å². The first kappa shape index (κ1) is 19.9. The molecule has 4 bridgehead atoms. The van der Waals surface area contributed by atoms with Gasteiger partial charge < -0.3 is 19.7 Å². The van der Waals surface area contributed by atoms with Gasteiger partial charge in [0.15, 0.2) is 11.6 Å². The third kappa shape index (κ3) is 2.87. The number of carbonyl (C=O) groups excluding carboxylic acids is 1. The van der Waals surface area contributed by atoms with E-state index >= 15 is 4.39 Å². The number of aromatic nitrogens is 1. The summed E-state index contributed by atoms with van der Waals surface area (Å²) in [5, 5.41) is 11.4. The number of benzene rings is 1. The van der Waals surface area contributed by atoms with Crippen molar-refractivity contribution in [2.24, 2.45) is 5.41 Å². The summed E-state index contributed by atoms with van der Waals surface area (Å²) in [6.45, 7) is 6.25. The highest BCUT2D eigenvalue weighted by atomic mass is 19.1. The van der Waals surface area contributed by atoms with Gasteiger partial charge >= 0.3 is 0 Å². The Labute approximate surface area is 176 Å². The Morgan fingerprint density at radius 2 is 1.97 bits per heavy atom. The van der Waals surface area contributed by atoms with E-state index in [-0.39, 0.29) is 29.2 Å². The number of nitrogens with zero attached hydrogens (tertiary/aromatic N) is 1. The molecule has 162 valence electrons. The van der Waals surface area contributed by atoms with Crippen molar-refractivity contribution in [2.45, 2.75) is 82.4 Å². The Bertz CT molecular complexity index is 991. The quantitative estimate of drug-likeness (QED) is 0.785. The molecule has 1 amide bonds. The summed E-state index contributed by atoms with van der Waals surface area (Å²) >= 11 is 0. The van der Waals surface area contributed by atoms with Gasteiger partial charge in [-0.3, -0.25) is 4.79 Å². The third-order valence-electron chi connectivity index (χ3n) is 7.81. The van der Waals surface area contributed by atoms with E-state index in [1.165, 1.54) is 7.11 Å². The van der Waals surface area contributed by atoms with Crippen molar-refractivity contribution in [1.29, 1.82) is 0 Å². The zero-order valence-corrected chi connectivity index (χ0v) is 18.2. The predicted molar refractivity (Wildman–Crippen MR) is 113 cm³/mol. The molecule has 4 aliphatic rings. The molecule has 2 saturated heterocycles. The number of carbonyl (C=O) groups is 1. The molecule has 30 heavy (non-hydrogen) atoms. The number of H-pyrrole nitrogens is 1. The fourth-order valence-electron chi connectivity index (χ4n) is 6.93. The Morgan fingerprint density at radius 3 is 2.57 bits per heavy atom. The van der Waals surface area contributed by atoms with Gasteiger partial charge in [-0.2, -0.15) is 0 Å². The lowest BCUT2D eigenvalue weighted by Gasteiger charge is -2.63.